The second kappa shape index (κ2) is 8.11. The molecule has 0 aliphatic rings. The van der Waals surface area contributed by atoms with E-state index in [1.165, 1.54) is 12.1 Å². The summed E-state index contributed by atoms with van der Waals surface area (Å²) in [5.41, 5.74) is 0.0903. The summed E-state index contributed by atoms with van der Waals surface area (Å²) in [7, 11) is 0. The van der Waals surface area contributed by atoms with Gasteiger partial charge < -0.3 is 4.74 Å². The van der Waals surface area contributed by atoms with Crippen LogP contribution in [0.5, 0.6) is 0 Å². The van der Waals surface area contributed by atoms with E-state index in [0.717, 1.165) is 6.07 Å². The molecular weight excluding hydrogens is 279 g/mol. The van der Waals surface area contributed by atoms with Gasteiger partial charge in [-0.05, 0) is 18.6 Å². The summed E-state index contributed by atoms with van der Waals surface area (Å²) >= 11 is 0. The van der Waals surface area contributed by atoms with Crippen molar-refractivity contribution in [3.8, 4) is 0 Å². The second-order valence-electron chi connectivity index (χ2n) is 4.34. The van der Waals surface area contributed by atoms with Crippen LogP contribution in [0.1, 0.15) is 12.5 Å². The topological polar surface area (TPSA) is 72.7 Å². The molecule has 0 aromatic heterocycles. The summed E-state index contributed by atoms with van der Waals surface area (Å²) in [6.45, 7) is 6.12. The Hall–Kier alpha value is -2.28. The van der Waals surface area contributed by atoms with E-state index in [4.69, 9.17) is 4.74 Å². The Kier molecular flexibility index (Phi) is 6.48. The lowest BCUT2D eigenvalue weighted by atomic mass is 10.2. The first kappa shape index (κ1) is 16.8. The first-order valence-electron chi connectivity index (χ1n) is 6.39. The highest BCUT2D eigenvalue weighted by Gasteiger charge is 2.14. The van der Waals surface area contributed by atoms with Crippen molar-refractivity contribution < 1.29 is 18.8 Å². The number of nitro benzene ring substituents is 1. The van der Waals surface area contributed by atoms with Crippen molar-refractivity contribution in [1.29, 1.82) is 0 Å². The summed E-state index contributed by atoms with van der Waals surface area (Å²) in [5, 5.41) is 10.7. The van der Waals surface area contributed by atoms with Crippen LogP contribution >= 0.6 is 0 Å². The average Bonchev–Trinajstić information content (AvgIpc) is 2.38. The van der Waals surface area contributed by atoms with Crippen LogP contribution in [-0.4, -0.2) is 35.5 Å². The van der Waals surface area contributed by atoms with Gasteiger partial charge >= 0.3 is 5.97 Å². The van der Waals surface area contributed by atoms with Crippen LogP contribution in [0.3, 0.4) is 0 Å². The fourth-order valence-electron chi connectivity index (χ4n) is 1.85. The fraction of sp³-hybridized carbons (Fsp3) is 0.357. The lowest BCUT2D eigenvalue weighted by Gasteiger charge is -2.19. The van der Waals surface area contributed by atoms with Gasteiger partial charge in [-0.1, -0.05) is 6.08 Å². The highest BCUT2D eigenvalue weighted by atomic mass is 19.1. The average molecular weight is 296 g/mol. The number of nitrogens with zero attached hydrogens (tertiary/aromatic N) is 2. The summed E-state index contributed by atoms with van der Waals surface area (Å²) < 4.78 is 18.2. The van der Waals surface area contributed by atoms with E-state index in [2.05, 4.69) is 6.58 Å². The zero-order chi connectivity index (χ0) is 15.8. The van der Waals surface area contributed by atoms with E-state index in [1.54, 1.807) is 17.9 Å². The molecule has 0 aliphatic heterocycles. The maximum absolute atomic E-state index is 13.4. The molecule has 21 heavy (non-hydrogen) atoms. The van der Waals surface area contributed by atoms with Gasteiger partial charge in [0.15, 0.2) is 0 Å². The smallest absolute Gasteiger partial charge is 0.320 e. The van der Waals surface area contributed by atoms with Gasteiger partial charge in [-0.2, -0.15) is 0 Å². The molecule has 0 aliphatic carbocycles. The molecule has 0 radical (unpaired) electrons. The molecule has 0 amide bonds. The molecule has 114 valence electrons. The second-order valence-corrected chi connectivity index (χ2v) is 4.34. The third-order valence-electron chi connectivity index (χ3n) is 2.60. The Bertz CT molecular complexity index is 534. The SMILES string of the molecule is C=CCN(CC(=O)OCC)Cc1cc(F)cc([N+](=O)[O-])c1. The Morgan fingerprint density at radius 3 is 2.81 bits per heavy atom. The Labute approximate surface area is 122 Å². The van der Waals surface area contributed by atoms with E-state index in [1.807, 2.05) is 0 Å². The molecule has 0 bridgehead atoms. The molecule has 1 aromatic carbocycles. The fourth-order valence-corrected chi connectivity index (χ4v) is 1.85. The van der Waals surface area contributed by atoms with Gasteiger partial charge in [0.05, 0.1) is 24.1 Å². The molecule has 0 fully saturated rings. The Morgan fingerprint density at radius 1 is 1.52 bits per heavy atom. The summed E-state index contributed by atoms with van der Waals surface area (Å²) in [5.74, 6) is -1.10. The van der Waals surface area contributed by atoms with Crippen LogP contribution in [0.15, 0.2) is 30.9 Å². The van der Waals surface area contributed by atoms with Crippen molar-refractivity contribution in [3.63, 3.8) is 0 Å². The van der Waals surface area contributed by atoms with Gasteiger partial charge in [-0.25, -0.2) is 4.39 Å². The zero-order valence-corrected chi connectivity index (χ0v) is 11.8. The van der Waals surface area contributed by atoms with Gasteiger partial charge in [0.1, 0.15) is 5.82 Å². The number of halogens is 1. The normalized spacial score (nSPS) is 10.4. The van der Waals surface area contributed by atoms with E-state index in [9.17, 15) is 19.3 Å². The highest BCUT2D eigenvalue weighted by Crippen LogP contribution is 2.17. The van der Waals surface area contributed by atoms with Crippen LogP contribution < -0.4 is 0 Å². The molecule has 1 rings (SSSR count). The van der Waals surface area contributed by atoms with Gasteiger partial charge in [0.2, 0.25) is 0 Å². The third kappa shape index (κ3) is 5.70. The highest BCUT2D eigenvalue weighted by molar-refractivity contribution is 5.71. The van der Waals surface area contributed by atoms with E-state index in [0.29, 0.717) is 12.1 Å². The van der Waals surface area contributed by atoms with Crippen LogP contribution in [0.2, 0.25) is 0 Å². The number of rotatable bonds is 8. The maximum Gasteiger partial charge on any atom is 0.320 e. The Morgan fingerprint density at radius 2 is 2.24 bits per heavy atom. The minimum absolute atomic E-state index is 0.00414. The van der Waals surface area contributed by atoms with Crippen LogP contribution in [0.4, 0.5) is 10.1 Å². The standard InChI is InChI=1S/C14H17FN2O4/c1-3-5-16(10-14(18)21-4-2)9-11-6-12(15)8-13(7-11)17(19)20/h3,6-8H,1,4-5,9-10H2,2H3. The lowest BCUT2D eigenvalue weighted by molar-refractivity contribution is -0.385. The van der Waals surface area contributed by atoms with Gasteiger partial charge in [0.25, 0.3) is 5.69 Å². The third-order valence-corrected chi connectivity index (χ3v) is 2.60. The Balaban J connectivity index is 2.85. The maximum atomic E-state index is 13.4. The summed E-state index contributed by atoms with van der Waals surface area (Å²) in [4.78, 5) is 23.2. The monoisotopic (exact) mass is 296 g/mol. The number of hydrogen-bond acceptors (Lipinski definition) is 5. The van der Waals surface area contributed by atoms with Gasteiger partial charge in [0, 0.05) is 19.2 Å². The lowest BCUT2D eigenvalue weighted by Crippen LogP contribution is -2.30. The predicted molar refractivity (Wildman–Crippen MR) is 75.2 cm³/mol. The van der Waals surface area contributed by atoms with Crippen LogP contribution in [-0.2, 0) is 16.1 Å². The van der Waals surface area contributed by atoms with Gasteiger partial charge in [-0.15, -0.1) is 6.58 Å². The number of carbonyl (C=O) groups excluding carboxylic acids is 1. The molecular formula is C14H17FN2O4. The van der Waals surface area contributed by atoms with Crippen LogP contribution in [0, 0.1) is 15.9 Å². The molecule has 1 aromatic rings. The molecule has 6 nitrogen and oxygen atoms in total. The number of non-ortho nitro benzene ring substituents is 1. The first-order chi connectivity index (χ1) is 9.96. The number of hydrogen-bond donors (Lipinski definition) is 0. The van der Waals surface area contributed by atoms with E-state index < -0.39 is 16.7 Å². The largest absolute Gasteiger partial charge is 0.465 e. The number of nitro groups is 1. The summed E-state index contributed by atoms with van der Waals surface area (Å²) in [6, 6.07) is 3.34. The minimum Gasteiger partial charge on any atom is -0.465 e. The molecule has 0 atom stereocenters. The molecule has 0 heterocycles. The molecule has 0 saturated carbocycles. The quantitative estimate of drug-likeness (QED) is 0.318. The van der Waals surface area contributed by atoms with Gasteiger partial charge in [-0.3, -0.25) is 19.8 Å². The van der Waals surface area contributed by atoms with Crippen molar-refractivity contribution >= 4 is 11.7 Å². The van der Waals surface area contributed by atoms with Crippen molar-refractivity contribution in [1.82, 2.24) is 4.90 Å². The molecule has 0 N–H and O–H groups in total. The molecule has 0 spiro atoms. The van der Waals surface area contributed by atoms with Crippen molar-refractivity contribution in [2.45, 2.75) is 13.5 Å². The van der Waals surface area contributed by atoms with Crippen LogP contribution in [0.25, 0.3) is 0 Å². The van der Waals surface area contributed by atoms with Crippen molar-refractivity contribution in [2.24, 2.45) is 0 Å². The van der Waals surface area contributed by atoms with Crippen molar-refractivity contribution in [2.75, 3.05) is 19.7 Å². The number of esters is 1. The minimum atomic E-state index is -0.686. The van der Waals surface area contributed by atoms with E-state index >= 15 is 0 Å². The summed E-state index contributed by atoms with van der Waals surface area (Å²) in [6.07, 6.45) is 1.59. The van der Waals surface area contributed by atoms with Crippen molar-refractivity contribution in [3.05, 3.63) is 52.3 Å². The number of ether oxygens (including phenoxy) is 1. The predicted octanol–water partition coefficient (Wildman–Crippen LogP) is 2.29. The number of carbonyl (C=O) groups is 1. The molecule has 0 unspecified atom stereocenters. The molecule has 0 saturated heterocycles. The first-order valence-corrected chi connectivity index (χ1v) is 6.39. The van der Waals surface area contributed by atoms with E-state index in [-0.39, 0.29) is 25.4 Å². The zero-order valence-electron chi connectivity index (χ0n) is 11.8. The molecule has 7 heteroatoms. The number of benzene rings is 1.